The van der Waals surface area contributed by atoms with E-state index in [9.17, 15) is 0 Å². The molecule has 0 saturated carbocycles. The number of nitrogen functional groups attached to an aromatic ring is 1. The lowest BCUT2D eigenvalue weighted by molar-refractivity contribution is 0.435. The zero-order valence-electron chi connectivity index (χ0n) is 6.61. The van der Waals surface area contributed by atoms with Crippen LogP contribution in [0.5, 0.6) is 0 Å². The van der Waals surface area contributed by atoms with Crippen molar-refractivity contribution in [2.45, 2.75) is 0 Å². The van der Waals surface area contributed by atoms with Gasteiger partial charge >= 0.3 is 0 Å². The monoisotopic (exact) mass is 174 g/mol. The molecule has 0 radical (unpaired) electrons. The largest absolute Gasteiger partial charge is 0.380 e. The van der Waals surface area contributed by atoms with E-state index in [1.54, 1.807) is 18.5 Å². The summed E-state index contributed by atoms with van der Waals surface area (Å²) in [5.41, 5.74) is 6.46. The van der Waals surface area contributed by atoms with Gasteiger partial charge in [-0.2, -0.15) is 5.26 Å². The third-order valence-electron chi connectivity index (χ3n) is 1.69. The van der Waals surface area contributed by atoms with Crippen LogP contribution < -0.4 is 5.73 Å². The number of rotatable bonds is 1. The molecular formula is C8H6N4O. The van der Waals surface area contributed by atoms with E-state index in [0.29, 0.717) is 5.76 Å². The van der Waals surface area contributed by atoms with Gasteiger partial charge in [0.2, 0.25) is 0 Å². The maximum absolute atomic E-state index is 8.75. The molecule has 0 amide bonds. The molecule has 0 aliphatic heterocycles. The molecule has 0 aliphatic carbocycles. The first-order valence-electron chi connectivity index (χ1n) is 3.61. The van der Waals surface area contributed by atoms with Gasteiger partial charge in [-0.05, 0) is 6.07 Å². The van der Waals surface area contributed by atoms with E-state index in [1.807, 2.05) is 6.07 Å². The molecule has 0 aromatic carbocycles. The molecule has 5 nitrogen and oxygen atoms in total. The van der Waals surface area contributed by atoms with E-state index in [1.165, 1.54) is 0 Å². The molecule has 0 fully saturated rings. The number of nitrogens with zero attached hydrogens (tertiary/aromatic N) is 2. The van der Waals surface area contributed by atoms with Crippen LogP contribution in [0.15, 0.2) is 23.0 Å². The van der Waals surface area contributed by atoms with Gasteiger partial charge in [-0.15, -0.1) is 0 Å². The molecule has 0 aliphatic rings. The quantitative estimate of drug-likeness (QED) is 0.677. The molecule has 64 valence electrons. The number of aromatic nitrogens is 2. The highest BCUT2D eigenvalue weighted by Crippen LogP contribution is 2.26. The average molecular weight is 174 g/mol. The van der Waals surface area contributed by atoms with Gasteiger partial charge < -0.3 is 15.2 Å². The third-order valence-corrected chi connectivity index (χ3v) is 1.69. The molecule has 2 heterocycles. The molecule has 3 N–H and O–H groups in total. The molecule has 0 atom stereocenters. The van der Waals surface area contributed by atoms with Gasteiger partial charge in [-0.3, -0.25) is 0 Å². The Morgan fingerprint density at radius 2 is 2.46 bits per heavy atom. The second-order valence-electron chi connectivity index (χ2n) is 2.48. The number of nitriles is 1. The van der Waals surface area contributed by atoms with Gasteiger partial charge in [0.15, 0.2) is 11.6 Å². The maximum atomic E-state index is 8.75. The Kier molecular flexibility index (Phi) is 1.53. The van der Waals surface area contributed by atoms with Crippen LogP contribution in [0.1, 0.15) is 5.56 Å². The van der Waals surface area contributed by atoms with Crippen LogP contribution in [-0.4, -0.2) is 10.1 Å². The van der Waals surface area contributed by atoms with Gasteiger partial charge in [-0.25, -0.2) is 0 Å². The Hall–Kier alpha value is -2.22. The Morgan fingerprint density at radius 3 is 3.08 bits per heavy atom. The summed E-state index contributed by atoms with van der Waals surface area (Å²) in [5.74, 6) is 0.528. The lowest BCUT2D eigenvalue weighted by Crippen LogP contribution is -1.87. The predicted octanol–water partition coefficient (Wildman–Crippen LogP) is 1.12. The fraction of sp³-hybridized carbons (Fsp3) is 0. The van der Waals surface area contributed by atoms with Crippen molar-refractivity contribution in [3.8, 4) is 17.4 Å². The Bertz CT molecular complexity index is 449. The topological polar surface area (TPSA) is 91.6 Å². The molecule has 13 heavy (non-hydrogen) atoms. The first-order valence-corrected chi connectivity index (χ1v) is 3.61. The lowest BCUT2D eigenvalue weighted by atomic mass is 10.2. The van der Waals surface area contributed by atoms with E-state index in [4.69, 9.17) is 15.5 Å². The van der Waals surface area contributed by atoms with Gasteiger partial charge in [0.05, 0.1) is 0 Å². The number of aromatic amines is 1. The van der Waals surface area contributed by atoms with Crippen LogP contribution in [0.25, 0.3) is 11.3 Å². The summed E-state index contributed by atoms with van der Waals surface area (Å²) in [6.07, 6.45) is 3.44. The van der Waals surface area contributed by atoms with Gasteiger partial charge in [0.25, 0.3) is 0 Å². The van der Waals surface area contributed by atoms with E-state index in [-0.39, 0.29) is 11.4 Å². The van der Waals surface area contributed by atoms with Gasteiger partial charge in [0.1, 0.15) is 11.6 Å². The van der Waals surface area contributed by atoms with Crippen molar-refractivity contribution in [3.63, 3.8) is 0 Å². The van der Waals surface area contributed by atoms with Crippen molar-refractivity contribution < 1.29 is 4.52 Å². The van der Waals surface area contributed by atoms with E-state index < -0.39 is 0 Å². The highest BCUT2D eigenvalue weighted by atomic mass is 16.5. The zero-order valence-corrected chi connectivity index (χ0v) is 6.61. The van der Waals surface area contributed by atoms with Crippen LogP contribution in [-0.2, 0) is 0 Å². The normalized spacial score (nSPS) is 9.77. The van der Waals surface area contributed by atoms with E-state index in [0.717, 1.165) is 5.56 Å². The van der Waals surface area contributed by atoms with Gasteiger partial charge in [-0.1, -0.05) is 5.16 Å². The molecule has 2 aromatic heterocycles. The summed E-state index contributed by atoms with van der Waals surface area (Å²) >= 11 is 0. The fourth-order valence-electron chi connectivity index (χ4n) is 1.07. The number of anilines is 1. The number of nitrogens with two attached hydrogens (primary N) is 1. The van der Waals surface area contributed by atoms with Crippen LogP contribution >= 0.6 is 0 Å². The summed E-state index contributed by atoms with van der Waals surface area (Å²) in [5, 5.41) is 12.3. The fourth-order valence-corrected chi connectivity index (χ4v) is 1.07. The summed E-state index contributed by atoms with van der Waals surface area (Å²) in [6.45, 7) is 0. The maximum Gasteiger partial charge on any atom is 0.188 e. The number of H-pyrrole nitrogens is 1. The molecule has 2 rings (SSSR count). The Labute approximate surface area is 73.8 Å². The van der Waals surface area contributed by atoms with Crippen LogP contribution in [0, 0.1) is 11.3 Å². The predicted molar refractivity (Wildman–Crippen MR) is 45.4 cm³/mol. The first-order chi connectivity index (χ1) is 6.33. The summed E-state index contributed by atoms with van der Waals surface area (Å²) in [6, 6.07) is 3.72. The Balaban J connectivity index is 2.60. The van der Waals surface area contributed by atoms with Crippen molar-refractivity contribution >= 4 is 5.82 Å². The average Bonchev–Trinajstić information content (AvgIpc) is 2.71. The SMILES string of the molecule is N#Cc1c(N)noc1-c1cc[nH]c1. The number of hydrogen-bond acceptors (Lipinski definition) is 4. The second-order valence-corrected chi connectivity index (χ2v) is 2.48. The standard InChI is InChI=1S/C8H6N4O/c9-3-6-7(13-12-8(6)10)5-1-2-11-4-5/h1-2,4,11H,(H2,10,12). The highest BCUT2D eigenvalue weighted by Gasteiger charge is 2.14. The molecule has 0 bridgehead atoms. The first kappa shape index (κ1) is 7.43. The summed E-state index contributed by atoms with van der Waals surface area (Å²) in [4.78, 5) is 2.85. The molecule has 2 aromatic rings. The van der Waals surface area contributed by atoms with Gasteiger partial charge in [0, 0.05) is 18.0 Å². The minimum absolute atomic E-state index is 0.124. The highest BCUT2D eigenvalue weighted by molar-refractivity contribution is 5.69. The van der Waals surface area contributed by atoms with Crippen molar-refractivity contribution in [2.24, 2.45) is 0 Å². The van der Waals surface area contributed by atoms with Crippen LogP contribution in [0.3, 0.4) is 0 Å². The number of nitrogens with one attached hydrogen (secondary N) is 1. The lowest BCUT2D eigenvalue weighted by Gasteiger charge is -1.87. The molecule has 0 unspecified atom stereocenters. The van der Waals surface area contributed by atoms with Crippen molar-refractivity contribution in [1.29, 1.82) is 5.26 Å². The van der Waals surface area contributed by atoms with Crippen LogP contribution in [0.2, 0.25) is 0 Å². The van der Waals surface area contributed by atoms with Crippen LogP contribution in [0.4, 0.5) is 5.82 Å². The van der Waals surface area contributed by atoms with E-state index in [2.05, 4.69) is 10.1 Å². The van der Waals surface area contributed by atoms with Crippen molar-refractivity contribution in [3.05, 3.63) is 24.0 Å². The zero-order chi connectivity index (χ0) is 9.26. The molecule has 0 saturated heterocycles. The second kappa shape index (κ2) is 2.68. The minimum atomic E-state index is 0.124. The molecular weight excluding hydrogens is 168 g/mol. The smallest absolute Gasteiger partial charge is 0.188 e. The summed E-state index contributed by atoms with van der Waals surface area (Å²) < 4.78 is 4.91. The number of hydrogen-bond donors (Lipinski definition) is 2. The molecule has 5 heteroatoms. The summed E-state index contributed by atoms with van der Waals surface area (Å²) in [7, 11) is 0. The third kappa shape index (κ3) is 1.05. The molecule has 0 spiro atoms. The van der Waals surface area contributed by atoms with E-state index >= 15 is 0 Å². The van der Waals surface area contributed by atoms with Crippen molar-refractivity contribution in [1.82, 2.24) is 10.1 Å². The Morgan fingerprint density at radius 1 is 1.62 bits per heavy atom. The minimum Gasteiger partial charge on any atom is -0.380 e. The van der Waals surface area contributed by atoms with Crippen molar-refractivity contribution in [2.75, 3.05) is 5.73 Å².